The lowest BCUT2D eigenvalue weighted by atomic mass is 9.63. The summed E-state index contributed by atoms with van der Waals surface area (Å²) in [7, 11) is 32.9. The molecule has 0 aliphatic heterocycles. The lowest BCUT2D eigenvalue weighted by molar-refractivity contribution is 0.421. The third-order valence-electron chi connectivity index (χ3n) is 3.87. The molecular weight excluding hydrogens is 284 g/mol. The highest BCUT2D eigenvalue weighted by Gasteiger charge is 2.27. The first-order valence-corrected chi connectivity index (χ1v) is 6.42. The van der Waals surface area contributed by atoms with E-state index in [4.69, 9.17) is 51.5 Å². The van der Waals surface area contributed by atoms with Gasteiger partial charge in [0.05, 0.1) is 5.39 Å². The van der Waals surface area contributed by atoms with Gasteiger partial charge in [0, 0.05) is 10.8 Å². The van der Waals surface area contributed by atoms with Crippen LogP contribution in [0.1, 0.15) is 0 Å². The highest BCUT2D eigenvalue weighted by molar-refractivity contribution is 6.72. The molecule has 96 valence electrons. The summed E-state index contributed by atoms with van der Waals surface area (Å²) in [6.45, 7) is 0. The minimum Gasteiger partial charge on any atom is -0.508 e. The Labute approximate surface area is 140 Å². The third-order valence-corrected chi connectivity index (χ3v) is 3.87. The van der Waals surface area contributed by atoms with Crippen LogP contribution in [-0.2, 0) is 0 Å². The van der Waals surface area contributed by atoms with Crippen LogP contribution >= 0.6 is 0 Å². The average molecular weight is 287 g/mol. The summed E-state index contributed by atoms with van der Waals surface area (Å²) in [6.07, 6.45) is 0. The fourth-order valence-electron chi connectivity index (χ4n) is 2.63. The first kappa shape index (κ1) is 16.3. The molecule has 0 spiro atoms. The number of phenols is 1. The van der Waals surface area contributed by atoms with Crippen LogP contribution in [0.15, 0.2) is 4.42 Å². The van der Waals surface area contributed by atoms with Gasteiger partial charge in [0.1, 0.15) is 64.0 Å². The Morgan fingerprint density at radius 3 is 1.70 bits per heavy atom. The normalized spacial score (nSPS) is 11.4. The van der Waals surface area contributed by atoms with Crippen molar-refractivity contribution in [3.63, 3.8) is 0 Å². The van der Waals surface area contributed by atoms with Crippen molar-refractivity contribution in [3.8, 4) is 5.75 Å². The van der Waals surface area contributed by atoms with Gasteiger partial charge in [-0.2, -0.15) is 0 Å². The van der Waals surface area contributed by atoms with Gasteiger partial charge < -0.3 is 19.6 Å². The monoisotopic (exact) mass is 288 g/mol. The zero-order valence-corrected chi connectivity index (χ0v) is 11.8. The van der Waals surface area contributed by atoms with Crippen molar-refractivity contribution in [2.75, 3.05) is 0 Å². The molecule has 0 aliphatic rings. The quantitative estimate of drug-likeness (QED) is 0.389. The van der Waals surface area contributed by atoms with Gasteiger partial charge in [-0.05, 0) is 0 Å². The Kier molecular flexibility index (Phi) is 3.69. The Morgan fingerprint density at radius 2 is 1.13 bits per heavy atom. The molecular formula is C12H3B7O4. The van der Waals surface area contributed by atoms with Gasteiger partial charge in [0.25, 0.3) is 0 Å². The molecule has 12 radical (unpaired) electrons. The molecule has 3 N–H and O–H groups in total. The summed E-state index contributed by atoms with van der Waals surface area (Å²) < 4.78 is 5.56. The van der Waals surface area contributed by atoms with E-state index < -0.39 is 12.9 Å². The maximum absolute atomic E-state index is 10.4. The summed E-state index contributed by atoms with van der Waals surface area (Å²) in [6, 6.07) is 0. The maximum Gasteiger partial charge on any atom is 0.491 e. The van der Waals surface area contributed by atoms with Crippen LogP contribution in [0.4, 0.5) is 0 Å². The molecule has 1 aromatic heterocycles. The smallest absolute Gasteiger partial charge is 0.491 e. The van der Waals surface area contributed by atoms with Crippen molar-refractivity contribution in [3.05, 3.63) is 0 Å². The summed E-state index contributed by atoms with van der Waals surface area (Å²) in [4.78, 5) is 0. The maximum atomic E-state index is 10.4. The molecule has 0 amide bonds. The lowest BCUT2D eigenvalue weighted by Gasteiger charge is -2.14. The third kappa shape index (κ3) is 2.03. The van der Waals surface area contributed by atoms with Gasteiger partial charge in [-0.3, -0.25) is 0 Å². The molecule has 0 saturated carbocycles. The van der Waals surface area contributed by atoms with Crippen LogP contribution in [0.25, 0.3) is 21.9 Å². The average Bonchev–Trinajstić information content (AvgIpc) is 2.89. The number of phenolic OH excluding ortho intramolecular Hbond substituents is 1. The van der Waals surface area contributed by atoms with Gasteiger partial charge in [-0.15, -0.1) is 10.9 Å². The number of hydrogen-bond acceptors (Lipinski definition) is 4. The van der Waals surface area contributed by atoms with Gasteiger partial charge in [-0.1, -0.05) is 21.9 Å². The molecule has 0 unspecified atom stereocenters. The Hall–Kier alpha value is -1.59. The fourth-order valence-corrected chi connectivity index (χ4v) is 2.63. The minimum atomic E-state index is -2.06. The molecule has 0 aliphatic carbocycles. The Bertz CT molecular complexity index is 980. The second-order valence-electron chi connectivity index (χ2n) is 5.13. The zero-order valence-electron chi connectivity index (χ0n) is 11.8. The molecule has 0 atom stereocenters. The van der Waals surface area contributed by atoms with Crippen LogP contribution in [-0.4, -0.2) is 69.4 Å². The van der Waals surface area contributed by atoms with Crippen molar-refractivity contribution in [1.82, 2.24) is 0 Å². The van der Waals surface area contributed by atoms with Crippen molar-refractivity contribution in [2.45, 2.75) is 0 Å². The number of hydrogen-bond donors (Lipinski definition) is 3. The van der Waals surface area contributed by atoms with E-state index in [0.717, 1.165) is 0 Å². The van der Waals surface area contributed by atoms with E-state index >= 15 is 0 Å². The summed E-state index contributed by atoms with van der Waals surface area (Å²) in [5, 5.41) is 29.4. The molecule has 3 aromatic rings. The summed E-state index contributed by atoms with van der Waals surface area (Å²) in [5.41, 5.74) is -0.574. The van der Waals surface area contributed by atoms with E-state index in [0.29, 0.717) is 0 Å². The topological polar surface area (TPSA) is 73.8 Å². The fraction of sp³-hybridized carbons (Fsp3) is 0. The first-order chi connectivity index (χ1) is 10.7. The first-order valence-electron chi connectivity index (χ1n) is 6.42. The van der Waals surface area contributed by atoms with E-state index in [9.17, 15) is 15.2 Å². The van der Waals surface area contributed by atoms with E-state index in [-0.39, 0.29) is 60.2 Å². The molecule has 0 fully saturated rings. The molecule has 2 aromatic carbocycles. The standard InChI is InChI=1S/C12H3B7O4/c13-3-1-2-10(20)9(19(21)22)6(16)8(18)12(2)23-11(1)7(17)5(15)4(3)14/h20-22H. The van der Waals surface area contributed by atoms with Gasteiger partial charge in [0.2, 0.25) is 0 Å². The highest BCUT2D eigenvalue weighted by atomic mass is 16.4. The largest absolute Gasteiger partial charge is 0.508 e. The molecule has 4 nitrogen and oxygen atoms in total. The highest BCUT2D eigenvalue weighted by Crippen LogP contribution is 2.29. The van der Waals surface area contributed by atoms with Crippen LogP contribution in [0, 0.1) is 0 Å². The van der Waals surface area contributed by atoms with Crippen LogP contribution in [0.2, 0.25) is 0 Å². The number of fused-ring (bicyclic) bond motifs is 3. The van der Waals surface area contributed by atoms with Crippen LogP contribution in [0.5, 0.6) is 5.75 Å². The van der Waals surface area contributed by atoms with Crippen LogP contribution < -0.4 is 38.2 Å². The van der Waals surface area contributed by atoms with E-state index in [1.807, 2.05) is 0 Å². The second-order valence-corrected chi connectivity index (χ2v) is 5.13. The number of benzene rings is 2. The van der Waals surface area contributed by atoms with Crippen molar-refractivity contribution >= 4 is 114 Å². The molecule has 0 saturated heterocycles. The SMILES string of the molecule is [B]c1c([B])c([B])c2c(oc3c([B])c([B])c(B(O)O)c(O)c32)c1[B]. The number of rotatable bonds is 1. The number of furan rings is 1. The van der Waals surface area contributed by atoms with Crippen molar-refractivity contribution in [2.24, 2.45) is 0 Å². The zero-order chi connectivity index (χ0) is 17.2. The van der Waals surface area contributed by atoms with Gasteiger partial charge in [-0.25, -0.2) is 0 Å². The van der Waals surface area contributed by atoms with Crippen molar-refractivity contribution in [1.29, 1.82) is 0 Å². The molecule has 23 heavy (non-hydrogen) atoms. The van der Waals surface area contributed by atoms with Crippen LogP contribution in [0.3, 0.4) is 0 Å². The van der Waals surface area contributed by atoms with E-state index in [2.05, 4.69) is 0 Å². The molecule has 1 heterocycles. The Balaban J connectivity index is 2.69. The summed E-state index contributed by atoms with van der Waals surface area (Å²) in [5.74, 6) is -0.546. The van der Waals surface area contributed by atoms with Gasteiger partial charge in [0.15, 0.2) is 0 Å². The molecule has 3 rings (SSSR count). The van der Waals surface area contributed by atoms with Crippen molar-refractivity contribution < 1.29 is 19.6 Å². The number of aromatic hydroxyl groups is 1. The second kappa shape index (κ2) is 5.21. The van der Waals surface area contributed by atoms with E-state index in [1.165, 1.54) is 0 Å². The molecule has 0 bridgehead atoms. The predicted molar refractivity (Wildman–Crippen MR) is 97.5 cm³/mol. The molecule has 11 heteroatoms. The minimum absolute atomic E-state index is 0.0113. The predicted octanol–water partition coefficient (Wildman–Crippen LogP) is -6.27. The Morgan fingerprint density at radius 1 is 0.652 bits per heavy atom. The summed E-state index contributed by atoms with van der Waals surface area (Å²) >= 11 is 0. The lowest BCUT2D eigenvalue weighted by Crippen LogP contribution is -2.48. The van der Waals surface area contributed by atoms with Gasteiger partial charge >= 0.3 is 7.12 Å². The van der Waals surface area contributed by atoms with E-state index in [1.54, 1.807) is 0 Å².